The van der Waals surface area contributed by atoms with E-state index in [1.165, 1.54) is 5.56 Å². The van der Waals surface area contributed by atoms with Crippen LogP contribution in [0.15, 0.2) is 61.4 Å². The highest BCUT2D eigenvalue weighted by Crippen LogP contribution is 2.17. The van der Waals surface area contributed by atoms with Gasteiger partial charge in [-0.2, -0.15) is 0 Å². The van der Waals surface area contributed by atoms with Crippen LogP contribution in [0.2, 0.25) is 0 Å². The lowest BCUT2D eigenvalue weighted by atomic mass is 10.1. The van der Waals surface area contributed by atoms with E-state index in [0.717, 1.165) is 18.6 Å². The lowest BCUT2D eigenvalue weighted by Crippen LogP contribution is -1.92. The smallest absolute Gasteiger partial charge is 0.127 e. The predicted molar refractivity (Wildman–Crippen MR) is 69.5 cm³/mol. The zero-order valence-electron chi connectivity index (χ0n) is 9.78. The first kappa shape index (κ1) is 12.3. The molecule has 1 aromatic carbocycles. The van der Waals surface area contributed by atoms with Crippen molar-refractivity contribution in [3.8, 4) is 5.75 Å². The third-order valence-electron chi connectivity index (χ3n) is 2.16. The molecule has 0 aliphatic carbocycles. The van der Waals surface area contributed by atoms with Crippen LogP contribution in [0.5, 0.6) is 5.75 Å². The van der Waals surface area contributed by atoms with Crippen LogP contribution < -0.4 is 4.74 Å². The average molecular weight is 214 g/mol. The van der Waals surface area contributed by atoms with Gasteiger partial charge in [0.25, 0.3) is 0 Å². The van der Waals surface area contributed by atoms with E-state index in [2.05, 4.69) is 32.2 Å². The lowest BCUT2D eigenvalue weighted by Gasteiger charge is -2.07. The van der Waals surface area contributed by atoms with E-state index < -0.39 is 0 Å². The van der Waals surface area contributed by atoms with E-state index in [4.69, 9.17) is 4.74 Å². The molecule has 0 bridgehead atoms. The average Bonchev–Trinajstić information content (AvgIpc) is 2.29. The molecule has 0 aromatic heterocycles. The number of rotatable bonds is 6. The van der Waals surface area contributed by atoms with Crippen molar-refractivity contribution in [1.29, 1.82) is 0 Å². The largest absolute Gasteiger partial charge is 0.457 e. The molecule has 16 heavy (non-hydrogen) atoms. The van der Waals surface area contributed by atoms with Crippen molar-refractivity contribution in [3.05, 3.63) is 67.0 Å². The molecule has 0 N–H and O–H groups in total. The minimum absolute atomic E-state index is 0.712. The molecule has 0 amide bonds. The summed E-state index contributed by atoms with van der Waals surface area (Å²) in [7, 11) is 0. The molecule has 0 aliphatic heterocycles. The summed E-state index contributed by atoms with van der Waals surface area (Å²) in [6.07, 6.45) is 7.37. The fourth-order valence-corrected chi connectivity index (χ4v) is 1.45. The van der Waals surface area contributed by atoms with Gasteiger partial charge in [-0.25, -0.2) is 0 Å². The molecule has 1 nitrogen and oxygen atoms in total. The Kier molecular flexibility index (Phi) is 5.13. The van der Waals surface area contributed by atoms with Crippen LogP contribution in [0, 0.1) is 0 Å². The van der Waals surface area contributed by atoms with E-state index in [1.54, 1.807) is 18.2 Å². The van der Waals surface area contributed by atoms with Gasteiger partial charge in [-0.15, -0.1) is 0 Å². The predicted octanol–water partition coefficient (Wildman–Crippen LogP) is 4.27. The molecule has 1 heteroatoms. The van der Waals surface area contributed by atoms with Crippen LogP contribution in [0.4, 0.5) is 0 Å². The molecule has 0 heterocycles. The van der Waals surface area contributed by atoms with Gasteiger partial charge in [0.05, 0.1) is 0 Å². The standard InChI is InChI=1S/C15H18O/c1-4-8-13-10-7-11-15(12-13)16-14(6-3)9-5-2/h5-7,9-12H,2-4,8H2,1H3/b14-9+. The highest BCUT2D eigenvalue weighted by Gasteiger charge is 1.98. The van der Waals surface area contributed by atoms with Gasteiger partial charge in [0, 0.05) is 0 Å². The van der Waals surface area contributed by atoms with Gasteiger partial charge in [-0.3, -0.25) is 0 Å². The van der Waals surface area contributed by atoms with Gasteiger partial charge in [0.15, 0.2) is 0 Å². The normalized spacial score (nSPS) is 10.9. The van der Waals surface area contributed by atoms with E-state index in [0.29, 0.717) is 5.76 Å². The van der Waals surface area contributed by atoms with Crippen LogP contribution in [-0.2, 0) is 6.42 Å². The molecule has 0 fully saturated rings. The van der Waals surface area contributed by atoms with Crippen LogP contribution in [-0.4, -0.2) is 0 Å². The Bertz CT molecular complexity index is 388. The fourth-order valence-electron chi connectivity index (χ4n) is 1.45. The minimum Gasteiger partial charge on any atom is -0.457 e. The molecule has 0 radical (unpaired) electrons. The second-order valence-electron chi connectivity index (χ2n) is 3.51. The molecular weight excluding hydrogens is 196 g/mol. The molecular formula is C15H18O. The Morgan fingerprint density at radius 1 is 1.38 bits per heavy atom. The summed E-state index contributed by atoms with van der Waals surface area (Å²) in [6, 6.07) is 8.12. The van der Waals surface area contributed by atoms with Crippen LogP contribution in [0.3, 0.4) is 0 Å². The van der Waals surface area contributed by atoms with E-state index in [1.807, 2.05) is 12.1 Å². The van der Waals surface area contributed by atoms with Crippen molar-refractivity contribution in [2.24, 2.45) is 0 Å². The number of aryl methyl sites for hydroxylation is 1. The highest BCUT2D eigenvalue weighted by atomic mass is 16.5. The molecule has 0 aliphatic rings. The molecule has 0 unspecified atom stereocenters. The van der Waals surface area contributed by atoms with Crippen LogP contribution >= 0.6 is 0 Å². The summed E-state index contributed by atoms with van der Waals surface area (Å²) < 4.78 is 5.66. The van der Waals surface area contributed by atoms with Crippen LogP contribution in [0.1, 0.15) is 18.9 Å². The second kappa shape index (κ2) is 6.67. The Morgan fingerprint density at radius 3 is 2.81 bits per heavy atom. The Balaban J connectivity index is 2.80. The van der Waals surface area contributed by atoms with E-state index in [-0.39, 0.29) is 0 Å². The quantitative estimate of drug-likeness (QED) is 0.507. The summed E-state index contributed by atoms with van der Waals surface area (Å²) in [6.45, 7) is 9.49. The summed E-state index contributed by atoms with van der Waals surface area (Å²) >= 11 is 0. The number of ether oxygens (including phenoxy) is 1. The summed E-state index contributed by atoms with van der Waals surface area (Å²) in [5.41, 5.74) is 1.29. The van der Waals surface area contributed by atoms with Gasteiger partial charge in [0.1, 0.15) is 11.5 Å². The van der Waals surface area contributed by atoms with Gasteiger partial charge in [-0.05, 0) is 36.3 Å². The first-order valence-corrected chi connectivity index (χ1v) is 5.52. The van der Waals surface area contributed by atoms with Crippen molar-refractivity contribution < 1.29 is 4.74 Å². The molecule has 84 valence electrons. The maximum absolute atomic E-state index is 5.66. The van der Waals surface area contributed by atoms with Gasteiger partial charge in [0.2, 0.25) is 0 Å². The molecule has 0 atom stereocenters. The van der Waals surface area contributed by atoms with Crippen molar-refractivity contribution in [3.63, 3.8) is 0 Å². The molecule has 0 spiro atoms. The third-order valence-corrected chi connectivity index (χ3v) is 2.16. The lowest BCUT2D eigenvalue weighted by molar-refractivity contribution is 0.444. The fraction of sp³-hybridized carbons (Fsp3) is 0.200. The highest BCUT2D eigenvalue weighted by molar-refractivity contribution is 5.31. The van der Waals surface area contributed by atoms with Crippen molar-refractivity contribution in [1.82, 2.24) is 0 Å². The zero-order valence-corrected chi connectivity index (χ0v) is 9.78. The molecule has 1 rings (SSSR count). The van der Waals surface area contributed by atoms with Crippen molar-refractivity contribution in [2.45, 2.75) is 19.8 Å². The first-order chi connectivity index (χ1) is 7.80. The van der Waals surface area contributed by atoms with E-state index >= 15 is 0 Å². The number of hydrogen-bond donors (Lipinski definition) is 0. The van der Waals surface area contributed by atoms with Crippen LogP contribution in [0.25, 0.3) is 0 Å². The number of allylic oxidation sites excluding steroid dienone is 3. The topological polar surface area (TPSA) is 9.23 Å². The maximum Gasteiger partial charge on any atom is 0.127 e. The summed E-state index contributed by atoms with van der Waals surface area (Å²) in [5, 5.41) is 0. The summed E-state index contributed by atoms with van der Waals surface area (Å²) in [4.78, 5) is 0. The van der Waals surface area contributed by atoms with Gasteiger partial charge in [-0.1, -0.05) is 44.7 Å². The molecule has 0 saturated heterocycles. The monoisotopic (exact) mass is 214 g/mol. The SMILES string of the molecule is C=C/C=C(\C=C)Oc1cccc(CCC)c1. The van der Waals surface area contributed by atoms with Crippen molar-refractivity contribution >= 4 is 0 Å². The van der Waals surface area contributed by atoms with Gasteiger partial charge >= 0.3 is 0 Å². The Morgan fingerprint density at radius 2 is 2.19 bits per heavy atom. The Labute approximate surface area is 97.8 Å². The van der Waals surface area contributed by atoms with E-state index in [9.17, 15) is 0 Å². The first-order valence-electron chi connectivity index (χ1n) is 5.52. The molecule has 0 saturated carbocycles. The molecule has 1 aromatic rings. The van der Waals surface area contributed by atoms with Crippen molar-refractivity contribution in [2.75, 3.05) is 0 Å². The minimum atomic E-state index is 0.712. The van der Waals surface area contributed by atoms with Gasteiger partial charge < -0.3 is 4.74 Å². The maximum atomic E-state index is 5.66. The summed E-state index contributed by atoms with van der Waals surface area (Å²) in [5.74, 6) is 1.56. The third kappa shape index (κ3) is 3.77. The zero-order chi connectivity index (χ0) is 11.8. The number of hydrogen-bond acceptors (Lipinski definition) is 1. The Hall–Kier alpha value is -1.76. The second-order valence-corrected chi connectivity index (χ2v) is 3.51. The number of benzene rings is 1.